The first-order valence-corrected chi connectivity index (χ1v) is 6.30. The number of nitrogens with zero attached hydrogens (tertiary/aromatic N) is 1. The molecule has 1 unspecified atom stereocenters. The average molecular weight is 249 g/mol. The van der Waals surface area contributed by atoms with E-state index < -0.39 is 5.60 Å². The van der Waals surface area contributed by atoms with E-state index in [1.54, 1.807) is 19.3 Å². The van der Waals surface area contributed by atoms with E-state index in [4.69, 9.17) is 0 Å². The van der Waals surface area contributed by atoms with Crippen molar-refractivity contribution in [2.45, 2.75) is 12.5 Å². The highest BCUT2D eigenvalue weighted by atomic mass is 16.3. The molecule has 0 aliphatic heterocycles. The van der Waals surface area contributed by atoms with Gasteiger partial charge in [0.25, 0.3) is 0 Å². The smallest absolute Gasteiger partial charge is 0.113 e. The van der Waals surface area contributed by atoms with E-state index in [1.165, 1.54) is 5.39 Å². The lowest BCUT2D eigenvalue weighted by Gasteiger charge is -2.24. The number of benzene rings is 2. The Balaban J connectivity index is 2.13. The molecule has 1 atom stereocenters. The van der Waals surface area contributed by atoms with Crippen LogP contribution in [0.15, 0.2) is 67.0 Å². The summed E-state index contributed by atoms with van der Waals surface area (Å²) in [6, 6.07) is 17.9. The Kier molecular flexibility index (Phi) is 2.80. The van der Waals surface area contributed by atoms with Gasteiger partial charge in [-0.2, -0.15) is 0 Å². The minimum Gasteiger partial charge on any atom is -0.381 e. The lowest BCUT2D eigenvalue weighted by atomic mass is 9.88. The van der Waals surface area contributed by atoms with Crippen LogP contribution in [-0.2, 0) is 5.60 Å². The van der Waals surface area contributed by atoms with Crippen molar-refractivity contribution in [2.75, 3.05) is 0 Å². The van der Waals surface area contributed by atoms with Crippen molar-refractivity contribution in [1.82, 2.24) is 4.98 Å². The summed E-state index contributed by atoms with van der Waals surface area (Å²) in [5.41, 5.74) is 0.641. The van der Waals surface area contributed by atoms with Crippen LogP contribution < -0.4 is 0 Å². The largest absolute Gasteiger partial charge is 0.381 e. The molecule has 19 heavy (non-hydrogen) atoms. The van der Waals surface area contributed by atoms with Crippen LogP contribution >= 0.6 is 0 Å². The highest BCUT2D eigenvalue weighted by Crippen LogP contribution is 2.30. The molecule has 0 saturated heterocycles. The van der Waals surface area contributed by atoms with E-state index >= 15 is 0 Å². The number of aromatic nitrogens is 1. The zero-order valence-electron chi connectivity index (χ0n) is 10.7. The van der Waals surface area contributed by atoms with Crippen LogP contribution in [0.2, 0.25) is 0 Å². The fourth-order valence-electron chi connectivity index (χ4n) is 2.31. The van der Waals surface area contributed by atoms with Crippen molar-refractivity contribution in [1.29, 1.82) is 0 Å². The van der Waals surface area contributed by atoms with Gasteiger partial charge in [0.1, 0.15) is 5.60 Å². The zero-order chi connectivity index (χ0) is 13.3. The van der Waals surface area contributed by atoms with Crippen molar-refractivity contribution < 1.29 is 5.11 Å². The summed E-state index contributed by atoms with van der Waals surface area (Å²) < 4.78 is 0. The summed E-state index contributed by atoms with van der Waals surface area (Å²) in [6.07, 6.45) is 3.41. The fourth-order valence-corrected chi connectivity index (χ4v) is 2.31. The summed E-state index contributed by atoms with van der Waals surface area (Å²) in [5.74, 6) is 0. The highest BCUT2D eigenvalue weighted by molar-refractivity contribution is 5.83. The van der Waals surface area contributed by atoms with E-state index in [2.05, 4.69) is 17.1 Å². The Hall–Kier alpha value is -2.19. The molecular weight excluding hydrogens is 234 g/mol. The molecule has 0 aliphatic rings. The van der Waals surface area contributed by atoms with Crippen LogP contribution in [0.3, 0.4) is 0 Å². The van der Waals surface area contributed by atoms with E-state index in [-0.39, 0.29) is 0 Å². The molecule has 94 valence electrons. The molecule has 2 aromatic carbocycles. The van der Waals surface area contributed by atoms with Gasteiger partial charge in [-0.3, -0.25) is 4.98 Å². The van der Waals surface area contributed by atoms with Crippen LogP contribution in [0.5, 0.6) is 0 Å². The van der Waals surface area contributed by atoms with Crippen molar-refractivity contribution in [3.8, 4) is 0 Å². The van der Waals surface area contributed by atoms with Crippen molar-refractivity contribution >= 4 is 10.8 Å². The standard InChI is InChI=1S/C17H15NO/c1-17(19,16-7-4-10-18-12-16)15-9-8-13-5-2-3-6-14(13)11-15/h2-12,19H,1H3. The summed E-state index contributed by atoms with van der Waals surface area (Å²) in [7, 11) is 0. The maximum atomic E-state index is 10.8. The topological polar surface area (TPSA) is 33.1 Å². The van der Waals surface area contributed by atoms with Gasteiger partial charge in [-0.05, 0) is 35.4 Å². The maximum Gasteiger partial charge on any atom is 0.113 e. The quantitative estimate of drug-likeness (QED) is 0.754. The second kappa shape index (κ2) is 4.48. The Bertz CT molecular complexity index is 705. The molecule has 1 N–H and O–H groups in total. The third kappa shape index (κ3) is 2.11. The third-order valence-electron chi connectivity index (χ3n) is 3.54. The summed E-state index contributed by atoms with van der Waals surface area (Å²) in [5, 5.41) is 13.1. The van der Waals surface area contributed by atoms with E-state index in [0.29, 0.717) is 0 Å². The Morgan fingerprint density at radius 2 is 1.68 bits per heavy atom. The van der Waals surface area contributed by atoms with Gasteiger partial charge in [-0.15, -0.1) is 0 Å². The van der Waals surface area contributed by atoms with Gasteiger partial charge in [0.2, 0.25) is 0 Å². The maximum absolute atomic E-state index is 10.8. The van der Waals surface area contributed by atoms with E-state index in [1.807, 2.05) is 42.5 Å². The number of aliphatic hydroxyl groups is 1. The lowest BCUT2D eigenvalue weighted by Crippen LogP contribution is -2.22. The zero-order valence-corrected chi connectivity index (χ0v) is 10.7. The van der Waals surface area contributed by atoms with Crippen molar-refractivity contribution in [3.63, 3.8) is 0 Å². The van der Waals surface area contributed by atoms with Gasteiger partial charge in [0, 0.05) is 18.0 Å². The number of hydrogen-bond acceptors (Lipinski definition) is 2. The molecule has 0 spiro atoms. The molecule has 0 saturated carbocycles. The number of rotatable bonds is 2. The van der Waals surface area contributed by atoms with Gasteiger partial charge >= 0.3 is 0 Å². The lowest BCUT2D eigenvalue weighted by molar-refractivity contribution is 0.102. The molecule has 2 nitrogen and oxygen atoms in total. The molecule has 0 bridgehead atoms. The minimum atomic E-state index is -1.03. The predicted molar refractivity (Wildman–Crippen MR) is 76.9 cm³/mol. The Morgan fingerprint density at radius 3 is 2.42 bits per heavy atom. The fraction of sp³-hybridized carbons (Fsp3) is 0.118. The summed E-state index contributed by atoms with van der Waals surface area (Å²) in [4.78, 5) is 4.08. The number of hydrogen-bond donors (Lipinski definition) is 1. The molecule has 0 fully saturated rings. The van der Waals surface area contributed by atoms with E-state index in [0.717, 1.165) is 16.5 Å². The van der Waals surface area contributed by atoms with Gasteiger partial charge < -0.3 is 5.11 Å². The minimum absolute atomic E-state index is 0.797. The normalized spacial score (nSPS) is 14.2. The first-order valence-electron chi connectivity index (χ1n) is 6.30. The van der Waals surface area contributed by atoms with Crippen molar-refractivity contribution in [3.05, 3.63) is 78.1 Å². The summed E-state index contributed by atoms with van der Waals surface area (Å²) in [6.45, 7) is 1.80. The second-order valence-electron chi connectivity index (χ2n) is 4.88. The molecule has 3 aromatic rings. The van der Waals surface area contributed by atoms with E-state index in [9.17, 15) is 5.11 Å². The van der Waals surface area contributed by atoms with Gasteiger partial charge in [-0.1, -0.05) is 42.5 Å². The van der Waals surface area contributed by atoms with Crippen LogP contribution in [0.1, 0.15) is 18.1 Å². The van der Waals surface area contributed by atoms with Crippen LogP contribution in [-0.4, -0.2) is 10.1 Å². The first kappa shape index (κ1) is 11.9. The average Bonchev–Trinajstić information content (AvgIpc) is 2.47. The van der Waals surface area contributed by atoms with Crippen LogP contribution in [0.4, 0.5) is 0 Å². The SMILES string of the molecule is CC(O)(c1cccnc1)c1ccc2ccccc2c1. The Morgan fingerprint density at radius 1 is 0.895 bits per heavy atom. The van der Waals surface area contributed by atoms with Gasteiger partial charge in [-0.25, -0.2) is 0 Å². The van der Waals surface area contributed by atoms with Crippen LogP contribution in [0.25, 0.3) is 10.8 Å². The monoisotopic (exact) mass is 249 g/mol. The predicted octanol–water partition coefficient (Wildman–Crippen LogP) is 3.49. The molecule has 1 heterocycles. The number of pyridine rings is 1. The molecule has 2 heteroatoms. The molecule has 0 radical (unpaired) electrons. The second-order valence-corrected chi connectivity index (χ2v) is 4.88. The highest BCUT2D eigenvalue weighted by Gasteiger charge is 2.25. The molecule has 0 amide bonds. The Labute approximate surface area is 112 Å². The van der Waals surface area contributed by atoms with Crippen LogP contribution in [0, 0.1) is 0 Å². The molecule has 1 aromatic heterocycles. The first-order chi connectivity index (χ1) is 9.18. The summed E-state index contributed by atoms with van der Waals surface area (Å²) >= 11 is 0. The molecule has 3 rings (SSSR count). The number of fused-ring (bicyclic) bond motifs is 1. The third-order valence-corrected chi connectivity index (χ3v) is 3.54. The molecule has 0 aliphatic carbocycles. The molecular formula is C17H15NO. The van der Waals surface area contributed by atoms with Gasteiger partial charge in [0.05, 0.1) is 0 Å². The van der Waals surface area contributed by atoms with Gasteiger partial charge in [0.15, 0.2) is 0 Å². The van der Waals surface area contributed by atoms with Crippen molar-refractivity contribution in [2.24, 2.45) is 0 Å².